The minimum absolute atomic E-state index is 0.0460. The van der Waals surface area contributed by atoms with Gasteiger partial charge in [-0.05, 0) is 27.7 Å². The van der Waals surface area contributed by atoms with E-state index in [2.05, 4.69) is 15.3 Å². The van der Waals surface area contributed by atoms with Crippen molar-refractivity contribution >= 4 is 5.91 Å². The zero-order valence-corrected chi connectivity index (χ0v) is 10.0. The fourth-order valence-electron chi connectivity index (χ4n) is 1.07. The van der Waals surface area contributed by atoms with Crippen LogP contribution in [-0.2, 0) is 0 Å². The van der Waals surface area contributed by atoms with E-state index in [1.54, 1.807) is 0 Å². The van der Waals surface area contributed by atoms with Crippen molar-refractivity contribution in [3.05, 3.63) is 18.1 Å². The molecule has 0 aliphatic carbocycles. The highest BCUT2D eigenvalue weighted by molar-refractivity contribution is 5.92. The third-order valence-electron chi connectivity index (χ3n) is 1.64. The molecule has 16 heavy (non-hydrogen) atoms. The summed E-state index contributed by atoms with van der Waals surface area (Å²) in [5, 5.41) is 2.74. The zero-order valence-electron chi connectivity index (χ0n) is 10.0. The molecule has 0 saturated carbocycles. The van der Waals surface area contributed by atoms with E-state index in [0.29, 0.717) is 11.6 Å². The molecule has 88 valence electrons. The molecule has 0 spiro atoms. The van der Waals surface area contributed by atoms with Gasteiger partial charge in [-0.15, -0.1) is 0 Å². The number of hydrogen-bond donors (Lipinski definition) is 1. The zero-order chi connectivity index (χ0) is 12.1. The largest absolute Gasteiger partial charge is 0.474 e. The molecule has 0 aliphatic heterocycles. The van der Waals surface area contributed by atoms with Crippen molar-refractivity contribution in [3.8, 4) is 5.88 Å². The Balaban J connectivity index is 2.67. The van der Waals surface area contributed by atoms with E-state index in [-0.39, 0.29) is 18.1 Å². The van der Waals surface area contributed by atoms with Crippen molar-refractivity contribution in [1.29, 1.82) is 0 Å². The third-order valence-corrected chi connectivity index (χ3v) is 1.64. The lowest BCUT2D eigenvalue weighted by molar-refractivity contribution is 0.0937. The van der Waals surface area contributed by atoms with Crippen LogP contribution >= 0.6 is 0 Å². The SMILES string of the molecule is CC(C)NC(=O)c1cnc(OC(C)C)cn1. The molecule has 0 radical (unpaired) electrons. The number of hydrogen-bond acceptors (Lipinski definition) is 4. The van der Waals surface area contributed by atoms with Gasteiger partial charge in [0.25, 0.3) is 5.91 Å². The fraction of sp³-hybridized carbons (Fsp3) is 0.545. The van der Waals surface area contributed by atoms with Crippen LogP contribution in [-0.4, -0.2) is 28.0 Å². The molecular weight excluding hydrogens is 206 g/mol. The summed E-state index contributed by atoms with van der Waals surface area (Å²) in [5.74, 6) is 0.203. The van der Waals surface area contributed by atoms with Gasteiger partial charge < -0.3 is 10.1 Å². The maximum Gasteiger partial charge on any atom is 0.271 e. The van der Waals surface area contributed by atoms with E-state index in [0.717, 1.165) is 0 Å². The highest BCUT2D eigenvalue weighted by atomic mass is 16.5. The Morgan fingerprint density at radius 1 is 1.25 bits per heavy atom. The van der Waals surface area contributed by atoms with E-state index in [1.807, 2.05) is 27.7 Å². The van der Waals surface area contributed by atoms with Gasteiger partial charge in [0.2, 0.25) is 5.88 Å². The van der Waals surface area contributed by atoms with E-state index in [1.165, 1.54) is 12.4 Å². The second-order valence-corrected chi connectivity index (χ2v) is 4.03. The molecule has 1 amide bonds. The number of aromatic nitrogens is 2. The lowest BCUT2D eigenvalue weighted by Gasteiger charge is -2.09. The van der Waals surface area contributed by atoms with Crippen LogP contribution in [0.1, 0.15) is 38.2 Å². The van der Waals surface area contributed by atoms with E-state index < -0.39 is 0 Å². The molecule has 5 nitrogen and oxygen atoms in total. The summed E-state index contributed by atoms with van der Waals surface area (Å²) < 4.78 is 5.32. The van der Waals surface area contributed by atoms with Crippen LogP contribution in [0.2, 0.25) is 0 Å². The highest BCUT2D eigenvalue weighted by Gasteiger charge is 2.09. The Hall–Kier alpha value is -1.65. The second kappa shape index (κ2) is 5.44. The van der Waals surface area contributed by atoms with Crippen LogP contribution < -0.4 is 10.1 Å². The summed E-state index contributed by atoms with van der Waals surface area (Å²) in [6.45, 7) is 7.59. The average molecular weight is 223 g/mol. The molecule has 0 saturated heterocycles. The Morgan fingerprint density at radius 3 is 2.38 bits per heavy atom. The van der Waals surface area contributed by atoms with Crippen LogP contribution in [0, 0.1) is 0 Å². The molecule has 0 atom stereocenters. The first kappa shape index (κ1) is 12.4. The maximum atomic E-state index is 11.5. The van der Waals surface area contributed by atoms with Gasteiger partial charge in [-0.25, -0.2) is 9.97 Å². The van der Waals surface area contributed by atoms with Crippen LogP contribution in [0.4, 0.5) is 0 Å². The molecule has 0 bridgehead atoms. The van der Waals surface area contributed by atoms with Crippen LogP contribution in [0.3, 0.4) is 0 Å². The molecule has 0 fully saturated rings. The topological polar surface area (TPSA) is 64.1 Å². The minimum atomic E-state index is -0.224. The van der Waals surface area contributed by atoms with Crippen molar-refractivity contribution in [2.24, 2.45) is 0 Å². The monoisotopic (exact) mass is 223 g/mol. The van der Waals surface area contributed by atoms with Gasteiger partial charge >= 0.3 is 0 Å². The normalized spacial score (nSPS) is 10.6. The molecule has 0 aliphatic rings. The molecule has 1 aromatic rings. The molecule has 0 aromatic carbocycles. The summed E-state index contributed by atoms with van der Waals surface area (Å²) in [6.07, 6.45) is 2.91. The molecular formula is C11H17N3O2. The molecule has 1 heterocycles. The number of amides is 1. The Bertz CT molecular complexity index is 347. The predicted molar refractivity (Wildman–Crippen MR) is 60.4 cm³/mol. The van der Waals surface area contributed by atoms with Gasteiger partial charge in [0.15, 0.2) is 0 Å². The van der Waals surface area contributed by atoms with Gasteiger partial charge in [-0.2, -0.15) is 0 Å². The lowest BCUT2D eigenvalue weighted by Crippen LogP contribution is -2.30. The molecule has 1 aromatic heterocycles. The quantitative estimate of drug-likeness (QED) is 0.838. The summed E-state index contributed by atoms with van der Waals surface area (Å²) in [7, 11) is 0. The van der Waals surface area contributed by atoms with Crippen LogP contribution in [0.5, 0.6) is 5.88 Å². The standard InChI is InChI=1S/C11H17N3O2/c1-7(2)14-11(15)9-5-13-10(6-12-9)16-8(3)4/h5-8H,1-4H3,(H,14,15). The first-order chi connectivity index (χ1) is 7.49. The lowest BCUT2D eigenvalue weighted by atomic mass is 10.3. The van der Waals surface area contributed by atoms with E-state index in [4.69, 9.17) is 4.74 Å². The number of rotatable bonds is 4. The number of carbonyl (C=O) groups excluding carboxylic acids is 1. The smallest absolute Gasteiger partial charge is 0.271 e. The Labute approximate surface area is 95.3 Å². The second-order valence-electron chi connectivity index (χ2n) is 4.03. The molecule has 1 N–H and O–H groups in total. The number of carbonyl (C=O) groups is 1. The summed E-state index contributed by atoms with van der Waals surface area (Å²) in [5.41, 5.74) is 0.296. The van der Waals surface area contributed by atoms with Crippen LogP contribution in [0.25, 0.3) is 0 Å². The Kier molecular flexibility index (Phi) is 4.22. The summed E-state index contributed by atoms with van der Waals surface area (Å²) in [6, 6.07) is 0.0842. The van der Waals surface area contributed by atoms with Gasteiger partial charge in [0, 0.05) is 6.04 Å². The van der Waals surface area contributed by atoms with Crippen LogP contribution in [0.15, 0.2) is 12.4 Å². The van der Waals surface area contributed by atoms with Crippen molar-refractivity contribution in [1.82, 2.24) is 15.3 Å². The number of ether oxygens (including phenoxy) is 1. The minimum Gasteiger partial charge on any atom is -0.474 e. The van der Waals surface area contributed by atoms with Gasteiger partial charge in [-0.3, -0.25) is 4.79 Å². The third kappa shape index (κ3) is 3.84. The first-order valence-electron chi connectivity index (χ1n) is 5.28. The van der Waals surface area contributed by atoms with Crippen molar-refractivity contribution < 1.29 is 9.53 Å². The van der Waals surface area contributed by atoms with E-state index >= 15 is 0 Å². The molecule has 1 rings (SSSR count). The molecule has 0 unspecified atom stereocenters. The Morgan fingerprint density at radius 2 is 1.94 bits per heavy atom. The number of nitrogens with one attached hydrogen (secondary N) is 1. The maximum absolute atomic E-state index is 11.5. The highest BCUT2D eigenvalue weighted by Crippen LogP contribution is 2.06. The van der Waals surface area contributed by atoms with E-state index in [9.17, 15) is 4.79 Å². The number of nitrogens with zero attached hydrogens (tertiary/aromatic N) is 2. The van der Waals surface area contributed by atoms with Crippen molar-refractivity contribution in [2.45, 2.75) is 39.8 Å². The van der Waals surface area contributed by atoms with Gasteiger partial charge in [0.05, 0.1) is 18.5 Å². The molecule has 5 heteroatoms. The van der Waals surface area contributed by atoms with Gasteiger partial charge in [0.1, 0.15) is 5.69 Å². The predicted octanol–water partition coefficient (Wildman–Crippen LogP) is 1.40. The summed E-state index contributed by atoms with van der Waals surface area (Å²) in [4.78, 5) is 19.5. The fourth-order valence-corrected chi connectivity index (χ4v) is 1.07. The van der Waals surface area contributed by atoms with Crippen molar-refractivity contribution in [3.63, 3.8) is 0 Å². The summed E-state index contributed by atoms with van der Waals surface area (Å²) >= 11 is 0. The first-order valence-corrected chi connectivity index (χ1v) is 5.28. The van der Waals surface area contributed by atoms with Gasteiger partial charge in [-0.1, -0.05) is 0 Å². The van der Waals surface area contributed by atoms with Crippen molar-refractivity contribution in [2.75, 3.05) is 0 Å². The average Bonchev–Trinajstić information content (AvgIpc) is 2.16.